The molecule has 6 rings (SSSR count). The maximum absolute atomic E-state index is 13.3. The highest BCUT2D eigenvalue weighted by Crippen LogP contribution is 2.32. The molecule has 2 aromatic heterocycles. The fourth-order valence-corrected chi connectivity index (χ4v) is 6.48. The quantitative estimate of drug-likeness (QED) is 0.115. The van der Waals surface area contributed by atoms with Crippen LogP contribution in [-0.2, 0) is 0 Å². The van der Waals surface area contributed by atoms with Gasteiger partial charge >= 0.3 is 0 Å². The molecule has 2 amide bonds. The molecular weight excluding hydrogens is 710 g/mol. The Bertz CT molecular complexity index is 2040. The van der Waals surface area contributed by atoms with E-state index in [-0.39, 0.29) is 11.8 Å². The van der Waals surface area contributed by atoms with Crippen molar-refractivity contribution < 1.29 is 9.59 Å². The Kier molecular flexibility index (Phi) is 11.9. The van der Waals surface area contributed by atoms with Crippen LogP contribution in [0.2, 0.25) is 20.1 Å². The Morgan fingerprint density at radius 3 is 1.30 bits per heavy atom. The van der Waals surface area contributed by atoms with Crippen LogP contribution >= 0.6 is 46.4 Å². The number of carbonyl (C=O) groups excluding carboxylic acids is 2. The van der Waals surface area contributed by atoms with Crippen molar-refractivity contribution >= 4 is 80.0 Å². The van der Waals surface area contributed by atoms with Gasteiger partial charge in [0.1, 0.15) is 0 Å². The van der Waals surface area contributed by atoms with E-state index < -0.39 is 0 Å². The van der Waals surface area contributed by atoms with Crippen LogP contribution in [0.3, 0.4) is 0 Å². The van der Waals surface area contributed by atoms with E-state index in [1.54, 1.807) is 24.3 Å². The average molecular weight is 745 g/mol. The summed E-state index contributed by atoms with van der Waals surface area (Å²) in [6.07, 6.45) is 5.84. The number of para-hydroxylation sites is 2. The van der Waals surface area contributed by atoms with Gasteiger partial charge in [0.2, 0.25) is 0 Å². The topological polar surface area (TPSA) is 84.0 Å². The molecule has 0 aliphatic rings. The highest BCUT2D eigenvalue weighted by molar-refractivity contribution is 6.42. The molecule has 6 nitrogen and oxygen atoms in total. The number of nitrogens with zero attached hydrogens (tertiary/aromatic N) is 2. The van der Waals surface area contributed by atoms with Crippen LogP contribution in [0.5, 0.6) is 0 Å². The molecule has 0 bridgehead atoms. The monoisotopic (exact) mass is 742 g/mol. The van der Waals surface area contributed by atoms with Crippen molar-refractivity contribution in [1.82, 2.24) is 20.6 Å². The Labute approximate surface area is 311 Å². The summed E-state index contributed by atoms with van der Waals surface area (Å²) in [6.45, 7) is 1.16. The number of fused-ring (bicyclic) bond motifs is 2. The minimum absolute atomic E-state index is 0.133. The summed E-state index contributed by atoms with van der Waals surface area (Å²) >= 11 is 24.7. The minimum Gasteiger partial charge on any atom is -0.352 e. The molecule has 254 valence electrons. The molecule has 2 heterocycles. The molecule has 6 aromatic rings. The van der Waals surface area contributed by atoms with Crippen LogP contribution < -0.4 is 10.6 Å². The van der Waals surface area contributed by atoms with Crippen LogP contribution in [0, 0.1) is 0 Å². The number of unbranched alkanes of at least 4 members (excludes halogenated alkanes) is 5. The molecule has 0 saturated heterocycles. The van der Waals surface area contributed by atoms with Crippen LogP contribution in [0.25, 0.3) is 44.3 Å². The van der Waals surface area contributed by atoms with E-state index in [0.29, 0.717) is 55.7 Å². The van der Waals surface area contributed by atoms with Gasteiger partial charge in [-0.15, -0.1) is 0 Å². The van der Waals surface area contributed by atoms with E-state index in [4.69, 9.17) is 56.4 Å². The average Bonchev–Trinajstić information content (AvgIpc) is 3.13. The van der Waals surface area contributed by atoms with E-state index in [9.17, 15) is 9.59 Å². The lowest BCUT2D eigenvalue weighted by molar-refractivity contribution is 0.0946. The largest absolute Gasteiger partial charge is 0.352 e. The van der Waals surface area contributed by atoms with Crippen LogP contribution in [-0.4, -0.2) is 34.9 Å². The molecule has 0 aliphatic carbocycles. The van der Waals surface area contributed by atoms with E-state index in [0.717, 1.165) is 71.5 Å². The van der Waals surface area contributed by atoms with Crippen LogP contribution in [0.4, 0.5) is 0 Å². The zero-order valence-electron chi connectivity index (χ0n) is 27.1. The molecule has 0 unspecified atom stereocenters. The Morgan fingerprint density at radius 2 is 0.880 bits per heavy atom. The summed E-state index contributed by atoms with van der Waals surface area (Å²) in [5.41, 5.74) is 5.52. The number of rotatable bonds is 13. The molecule has 0 aliphatic heterocycles. The predicted octanol–water partition coefficient (Wildman–Crippen LogP) is 11.2. The second-order valence-electron chi connectivity index (χ2n) is 12.0. The number of amides is 2. The molecule has 0 saturated carbocycles. The summed E-state index contributed by atoms with van der Waals surface area (Å²) in [7, 11) is 0. The van der Waals surface area contributed by atoms with Gasteiger partial charge in [0.15, 0.2) is 0 Å². The van der Waals surface area contributed by atoms with Crippen molar-refractivity contribution in [3.63, 3.8) is 0 Å². The summed E-state index contributed by atoms with van der Waals surface area (Å²) in [6, 6.07) is 29.5. The van der Waals surface area contributed by atoms with E-state index >= 15 is 0 Å². The summed E-state index contributed by atoms with van der Waals surface area (Å²) in [4.78, 5) is 36.1. The summed E-state index contributed by atoms with van der Waals surface area (Å²) in [5, 5.41) is 9.56. The summed E-state index contributed by atoms with van der Waals surface area (Å²) < 4.78 is 0. The molecular formula is C40H34Cl4N4O2. The molecule has 0 spiro atoms. The first-order valence-electron chi connectivity index (χ1n) is 16.6. The number of aromatic nitrogens is 2. The highest BCUT2D eigenvalue weighted by atomic mass is 35.5. The number of hydrogen-bond donors (Lipinski definition) is 2. The van der Waals surface area contributed by atoms with Gasteiger partial charge in [-0.3, -0.25) is 9.59 Å². The number of carbonyl (C=O) groups is 2. The first-order valence-corrected chi connectivity index (χ1v) is 18.1. The second-order valence-corrected chi connectivity index (χ2v) is 13.7. The van der Waals surface area contributed by atoms with Crippen molar-refractivity contribution in [2.45, 2.75) is 38.5 Å². The van der Waals surface area contributed by atoms with Gasteiger partial charge in [-0.1, -0.05) is 121 Å². The first-order chi connectivity index (χ1) is 24.3. The third kappa shape index (κ3) is 8.56. The molecule has 0 radical (unpaired) electrons. The van der Waals surface area contributed by atoms with Crippen molar-refractivity contribution in [3.05, 3.63) is 128 Å². The Morgan fingerprint density at radius 1 is 0.480 bits per heavy atom. The zero-order chi connectivity index (χ0) is 35.0. The number of pyridine rings is 2. The minimum atomic E-state index is -0.133. The SMILES string of the molecule is O=C(NCCCCCCCCNC(=O)c1cc(-c2ccc(Cl)c(Cl)c2)nc2ccccc12)c1cc(-c2ccc(Cl)c(Cl)c2)nc2ccccc12. The Balaban J connectivity index is 0.950. The lowest BCUT2D eigenvalue weighted by Crippen LogP contribution is -2.25. The highest BCUT2D eigenvalue weighted by Gasteiger charge is 2.16. The van der Waals surface area contributed by atoms with Gasteiger partial charge in [0, 0.05) is 35.0 Å². The van der Waals surface area contributed by atoms with E-state index in [1.165, 1.54) is 0 Å². The maximum Gasteiger partial charge on any atom is 0.252 e. The maximum atomic E-state index is 13.3. The lowest BCUT2D eigenvalue weighted by atomic mass is 10.0. The number of halogens is 4. The van der Waals surface area contributed by atoms with Gasteiger partial charge in [0.25, 0.3) is 11.8 Å². The number of nitrogens with one attached hydrogen (secondary N) is 2. The first kappa shape index (κ1) is 35.6. The van der Waals surface area contributed by atoms with E-state index in [1.807, 2.05) is 72.8 Å². The Hall–Kier alpha value is -4.20. The lowest BCUT2D eigenvalue weighted by Gasteiger charge is -2.11. The number of benzene rings is 4. The van der Waals surface area contributed by atoms with Crippen LogP contribution in [0.15, 0.2) is 97.1 Å². The third-order valence-corrected chi connectivity index (χ3v) is 10.0. The van der Waals surface area contributed by atoms with Gasteiger partial charge in [0.05, 0.1) is 53.6 Å². The van der Waals surface area contributed by atoms with Gasteiger partial charge in [-0.25, -0.2) is 9.97 Å². The molecule has 50 heavy (non-hydrogen) atoms. The normalized spacial score (nSPS) is 11.2. The molecule has 0 atom stereocenters. The summed E-state index contributed by atoms with van der Waals surface area (Å²) in [5.74, 6) is -0.265. The second kappa shape index (κ2) is 16.7. The smallest absolute Gasteiger partial charge is 0.252 e. The van der Waals surface area contributed by atoms with Crippen molar-refractivity contribution in [1.29, 1.82) is 0 Å². The standard InChI is InChI=1S/C40H34Cl4N4O2/c41-31-17-15-25(21-33(31)43)37-23-29(27-11-5-7-13-35(27)47-37)39(49)45-19-9-3-1-2-4-10-20-46-40(50)30-24-38(26-16-18-32(42)34(44)22-26)48-36-14-8-6-12-28(30)36/h5-8,11-18,21-24H,1-4,9-10,19-20H2,(H,45,49)(H,46,50). The third-order valence-electron chi connectivity index (χ3n) is 8.53. The van der Waals surface area contributed by atoms with E-state index in [2.05, 4.69) is 10.6 Å². The molecule has 4 aromatic carbocycles. The van der Waals surface area contributed by atoms with Gasteiger partial charge < -0.3 is 10.6 Å². The molecule has 10 heteroatoms. The van der Waals surface area contributed by atoms with Crippen molar-refractivity contribution in [2.75, 3.05) is 13.1 Å². The molecule has 0 fully saturated rings. The fourth-order valence-electron chi connectivity index (χ4n) is 5.88. The van der Waals surface area contributed by atoms with Crippen LogP contribution in [0.1, 0.15) is 59.2 Å². The van der Waals surface area contributed by atoms with Gasteiger partial charge in [-0.2, -0.15) is 0 Å². The van der Waals surface area contributed by atoms with Crippen molar-refractivity contribution in [3.8, 4) is 22.5 Å². The van der Waals surface area contributed by atoms with Gasteiger partial charge in [-0.05, 0) is 61.4 Å². The molecule has 2 N–H and O–H groups in total. The fraction of sp³-hybridized carbons (Fsp3) is 0.200. The number of hydrogen-bond acceptors (Lipinski definition) is 4. The van der Waals surface area contributed by atoms with Crippen molar-refractivity contribution in [2.24, 2.45) is 0 Å². The zero-order valence-corrected chi connectivity index (χ0v) is 30.1. The predicted molar refractivity (Wildman–Crippen MR) is 207 cm³/mol.